The SMILES string of the molecule is CCOc1ccccc1OCCCC(=O)Nc1ccc(C(=O)OC)cc1. The Labute approximate surface area is 153 Å². The highest BCUT2D eigenvalue weighted by Gasteiger charge is 2.07. The summed E-state index contributed by atoms with van der Waals surface area (Å²) in [5.74, 6) is 0.850. The van der Waals surface area contributed by atoms with Gasteiger partial charge in [0.15, 0.2) is 11.5 Å². The normalized spacial score (nSPS) is 10.1. The molecule has 0 atom stereocenters. The number of carbonyl (C=O) groups excluding carboxylic acids is 2. The summed E-state index contributed by atoms with van der Waals surface area (Å²) in [7, 11) is 1.33. The van der Waals surface area contributed by atoms with E-state index < -0.39 is 5.97 Å². The Kier molecular flexibility index (Phi) is 7.49. The van der Waals surface area contributed by atoms with Crippen LogP contribution in [0.1, 0.15) is 30.1 Å². The predicted molar refractivity (Wildman–Crippen MR) is 98.8 cm³/mol. The summed E-state index contributed by atoms with van der Waals surface area (Å²) in [6.45, 7) is 2.90. The minimum absolute atomic E-state index is 0.113. The molecule has 138 valence electrons. The molecular formula is C20H23NO5. The summed E-state index contributed by atoms with van der Waals surface area (Å²) in [5, 5.41) is 2.79. The molecule has 26 heavy (non-hydrogen) atoms. The standard InChI is InChI=1S/C20H23NO5/c1-3-25-17-7-4-5-8-18(17)26-14-6-9-19(22)21-16-12-10-15(11-13-16)20(23)24-2/h4-5,7-8,10-13H,3,6,9,14H2,1-2H3,(H,21,22). The highest BCUT2D eigenvalue weighted by atomic mass is 16.5. The number of benzene rings is 2. The maximum Gasteiger partial charge on any atom is 0.337 e. The van der Waals surface area contributed by atoms with E-state index in [0.717, 1.165) is 0 Å². The van der Waals surface area contributed by atoms with Crippen LogP contribution in [0, 0.1) is 0 Å². The van der Waals surface area contributed by atoms with E-state index in [-0.39, 0.29) is 5.91 Å². The zero-order chi connectivity index (χ0) is 18.8. The summed E-state index contributed by atoms with van der Waals surface area (Å²) in [6.07, 6.45) is 0.905. The molecule has 0 heterocycles. The van der Waals surface area contributed by atoms with E-state index in [9.17, 15) is 9.59 Å². The molecule has 0 radical (unpaired) electrons. The van der Waals surface area contributed by atoms with Gasteiger partial charge in [0.1, 0.15) is 0 Å². The number of ether oxygens (including phenoxy) is 3. The van der Waals surface area contributed by atoms with Crippen LogP contribution in [0.5, 0.6) is 11.5 Å². The van der Waals surface area contributed by atoms with Crippen LogP contribution in [0.3, 0.4) is 0 Å². The first-order valence-electron chi connectivity index (χ1n) is 8.47. The van der Waals surface area contributed by atoms with Crippen LogP contribution in [0.2, 0.25) is 0 Å². The van der Waals surface area contributed by atoms with E-state index in [1.807, 2.05) is 31.2 Å². The Morgan fingerprint density at radius 2 is 1.62 bits per heavy atom. The quantitative estimate of drug-likeness (QED) is 0.547. The van der Waals surface area contributed by atoms with Gasteiger partial charge in [0.05, 0.1) is 25.9 Å². The van der Waals surface area contributed by atoms with Crippen molar-refractivity contribution in [3.63, 3.8) is 0 Å². The molecule has 2 aromatic carbocycles. The number of hydrogen-bond acceptors (Lipinski definition) is 5. The number of hydrogen-bond donors (Lipinski definition) is 1. The highest BCUT2D eigenvalue weighted by Crippen LogP contribution is 2.26. The number of rotatable bonds is 9. The smallest absolute Gasteiger partial charge is 0.337 e. The van der Waals surface area contributed by atoms with Crippen molar-refractivity contribution in [2.24, 2.45) is 0 Å². The minimum Gasteiger partial charge on any atom is -0.490 e. The molecule has 0 fully saturated rings. The molecule has 0 aliphatic carbocycles. The lowest BCUT2D eigenvalue weighted by atomic mass is 10.2. The average Bonchev–Trinajstić information content (AvgIpc) is 2.66. The van der Waals surface area contributed by atoms with E-state index in [4.69, 9.17) is 9.47 Å². The lowest BCUT2D eigenvalue weighted by Gasteiger charge is -2.11. The van der Waals surface area contributed by atoms with Gasteiger partial charge in [-0.3, -0.25) is 4.79 Å². The second-order valence-electron chi connectivity index (χ2n) is 5.45. The van der Waals surface area contributed by atoms with Crippen molar-refractivity contribution in [3.8, 4) is 11.5 Å². The van der Waals surface area contributed by atoms with Gasteiger partial charge in [-0.05, 0) is 49.7 Å². The van der Waals surface area contributed by atoms with Crippen LogP contribution < -0.4 is 14.8 Å². The third kappa shape index (κ3) is 5.81. The van der Waals surface area contributed by atoms with Gasteiger partial charge in [0.25, 0.3) is 0 Å². The maximum absolute atomic E-state index is 12.0. The number of methoxy groups -OCH3 is 1. The fourth-order valence-electron chi connectivity index (χ4n) is 2.29. The van der Waals surface area contributed by atoms with Crippen molar-refractivity contribution in [2.75, 3.05) is 25.6 Å². The topological polar surface area (TPSA) is 73.9 Å². The molecule has 0 bridgehead atoms. The van der Waals surface area contributed by atoms with Gasteiger partial charge in [-0.2, -0.15) is 0 Å². The summed E-state index contributed by atoms with van der Waals surface area (Å²) in [4.78, 5) is 23.4. The molecule has 0 unspecified atom stereocenters. The van der Waals surface area contributed by atoms with Crippen molar-refractivity contribution in [1.29, 1.82) is 0 Å². The third-order valence-corrected chi connectivity index (χ3v) is 3.54. The monoisotopic (exact) mass is 357 g/mol. The van der Waals surface area contributed by atoms with E-state index >= 15 is 0 Å². The number of anilines is 1. The van der Waals surface area contributed by atoms with Crippen molar-refractivity contribution in [1.82, 2.24) is 0 Å². The molecular weight excluding hydrogens is 334 g/mol. The van der Waals surface area contributed by atoms with Gasteiger partial charge >= 0.3 is 5.97 Å². The molecule has 0 saturated carbocycles. The summed E-state index contributed by atoms with van der Waals surface area (Å²) in [5.41, 5.74) is 1.07. The molecule has 6 nitrogen and oxygen atoms in total. The molecule has 0 aromatic heterocycles. The van der Waals surface area contributed by atoms with Crippen molar-refractivity contribution in [2.45, 2.75) is 19.8 Å². The van der Waals surface area contributed by atoms with E-state index in [0.29, 0.717) is 48.8 Å². The van der Waals surface area contributed by atoms with Gasteiger partial charge in [0, 0.05) is 12.1 Å². The molecule has 2 aromatic rings. The zero-order valence-corrected chi connectivity index (χ0v) is 15.0. The van der Waals surface area contributed by atoms with E-state index in [1.165, 1.54) is 7.11 Å². The van der Waals surface area contributed by atoms with E-state index in [1.54, 1.807) is 24.3 Å². The molecule has 0 saturated heterocycles. The Hall–Kier alpha value is -3.02. The maximum atomic E-state index is 12.0. The van der Waals surface area contributed by atoms with Crippen LogP contribution in [0.25, 0.3) is 0 Å². The zero-order valence-electron chi connectivity index (χ0n) is 15.0. The number of esters is 1. The first-order chi connectivity index (χ1) is 12.6. The molecule has 1 N–H and O–H groups in total. The molecule has 0 aliphatic heterocycles. The fraction of sp³-hybridized carbons (Fsp3) is 0.300. The minimum atomic E-state index is -0.410. The lowest BCUT2D eigenvalue weighted by molar-refractivity contribution is -0.116. The first-order valence-corrected chi connectivity index (χ1v) is 8.47. The Morgan fingerprint density at radius 3 is 2.23 bits per heavy atom. The van der Waals surface area contributed by atoms with Crippen LogP contribution >= 0.6 is 0 Å². The number of para-hydroxylation sites is 2. The summed E-state index contributed by atoms with van der Waals surface area (Å²) < 4.78 is 15.8. The molecule has 0 aliphatic rings. The third-order valence-electron chi connectivity index (χ3n) is 3.54. The summed E-state index contributed by atoms with van der Waals surface area (Å²) in [6, 6.07) is 14.0. The lowest BCUT2D eigenvalue weighted by Crippen LogP contribution is -2.13. The van der Waals surface area contributed by atoms with Gasteiger partial charge in [-0.15, -0.1) is 0 Å². The molecule has 0 spiro atoms. The van der Waals surface area contributed by atoms with Crippen molar-refractivity contribution in [3.05, 3.63) is 54.1 Å². The largest absolute Gasteiger partial charge is 0.490 e. The van der Waals surface area contributed by atoms with Gasteiger partial charge in [-0.1, -0.05) is 12.1 Å². The van der Waals surface area contributed by atoms with Crippen molar-refractivity contribution < 1.29 is 23.8 Å². The van der Waals surface area contributed by atoms with Crippen LogP contribution in [-0.2, 0) is 9.53 Å². The highest BCUT2D eigenvalue weighted by molar-refractivity contribution is 5.93. The van der Waals surface area contributed by atoms with Crippen LogP contribution in [-0.4, -0.2) is 32.2 Å². The van der Waals surface area contributed by atoms with Crippen molar-refractivity contribution >= 4 is 17.6 Å². The fourth-order valence-corrected chi connectivity index (χ4v) is 2.29. The Bertz CT molecular complexity index is 727. The predicted octanol–water partition coefficient (Wildman–Crippen LogP) is 3.67. The van der Waals surface area contributed by atoms with Gasteiger partial charge < -0.3 is 19.5 Å². The van der Waals surface area contributed by atoms with Gasteiger partial charge in [-0.25, -0.2) is 4.79 Å². The molecule has 2 rings (SSSR count). The number of amides is 1. The second kappa shape index (κ2) is 10.1. The molecule has 1 amide bonds. The van der Waals surface area contributed by atoms with E-state index in [2.05, 4.69) is 10.1 Å². The summed E-state index contributed by atoms with van der Waals surface area (Å²) >= 11 is 0. The van der Waals surface area contributed by atoms with Gasteiger partial charge in [0.2, 0.25) is 5.91 Å². The Morgan fingerprint density at radius 1 is 0.962 bits per heavy atom. The second-order valence-corrected chi connectivity index (χ2v) is 5.45. The van der Waals surface area contributed by atoms with Crippen LogP contribution in [0.15, 0.2) is 48.5 Å². The average molecular weight is 357 g/mol. The number of carbonyl (C=O) groups is 2. The van der Waals surface area contributed by atoms with Crippen LogP contribution in [0.4, 0.5) is 5.69 Å². The molecule has 6 heteroatoms. The Balaban J connectivity index is 1.75. The first kappa shape index (κ1) is 19.3. The number of nitrogens with one attached hydrogen (secondary N) is 1.